The van der Waals surface area contributed by atoms with Gasteiger partial charge in [0.1, 0.15) is 17.7 Å². The third-order valence-corrected chi connectivity index (χ3v) is 5.35. The first-order chi connectivity index (χ1) is 15.0. The lowest BCUT2D eigenvalue weighted by atomic mass is 10.0. The van der Waals surface area contributed by atoms with Crippen LogP contribution in [0.25, 0.3) is 0 Å². The van der Waals surface area contributed by atoms with Crippen LogP contribution in [0.2, 0.25) is 0 Å². The summed E-state index contributed by atoms with van der Waals surface area (Å²) in [4.78, 5) is 17.6. The Hall–Kier alpha value is -3.16. The Bertz CT molecular complexity index is 996. The van der Waals surface area contributed by atoms with Crippen molar-refractivity contribution in [2.45, 2.75) is 25.2 Å². The van der Waals surface area contributed by atoms with Crippen LogP contribution in [0.1, 0.15) is 39.7 Å². The second-order valence-electron chi connectivity index (χ2n) is 7.61. The summed E-state index contributed by atoms with van der Waals surface area (Å²) in [5.74, 6) is -1.64. The zero-order valence-electron chi connectivity index (χ0n) is 16.7. The van der Waals surface area contributed by atoms with E-state index in [4.69, 9.17) is 9.84 Å². The zero-order chi connectivity index (χ0) is 21.8. The molecule has 31 heavy (non-hydrogen) atoms. The van der Waals surface area contributed by atoms with Gasteiger partial charge < -0.3 is 9.84 Å². The molecule has 0 radical (unpaired) electrons. The largest absolute Gasteiger partial charge is 0.478 e. The Kier molecular flexibility index (Phi) is 6.34. The van der Waals surface area contributed by atoms with Crippen molar-refractivity contribution in [1.29, 1.82) is 0 Å². The molecule has 160 valence electrons. The van der Waals surface area contributed by atoms with E-state index in [-0.39, 0.29) is 23.3 Å². The maximum absolute atomic E-state index is 13.4. The van der Waals surface area contributed by atoms with E-state index < -0.39 is 12.1 Å². The van der Waals surface area contributed by atoms with E-state index in [0.29, 0.717) is 18.8 Å². The fourth-order valence-electron chi connectivity index (χ4n) is 3.80. The van der Waals surface area contributed by atoms with E-state index in [1.165, 1.54) is 36.5 Å². The van der Waals surface area contributed by atoms with E-state index in [9.17, 15) is 13.6 Å². The lowest BCUT2D eigenvalue weighted by molar-refractivity contribution is 0.0138. The molecule has 7 heteroatoms. The van der Waals surface area contributed by atoms with E-state index in [2.05, 4.69) is 9.88 Å². The van der Waals surface area contributed by atoms with Crippen molar-refractivity contribution in [3.63, 3.8) is 0 Å². The summed E-state index contributed by atoms with van der Waals surface area (Å²) in [6.07, 6.45) is 1.77. The van der Waals surface area contributed by atoms with Crippen LogP contribution in [0.3, 0.4) is 0 Å². The number of pyridine rings is 1. The van der Waals surface area contributed by atoms with Crippen molar-refractivity contribution in [2.24, 2.45) is 0 Å². The molecule has 0 spiro atoms. The summed E-state index contributed by atoms with van der Waals surface area (Å²) < 4.78 is 33.2. The molecule has 1 saturated heterocycles. The highest BCUT2D eigenvalue weighted by molar-refractivity contribution is 5.87. The van der Waals surface area contributed by atoms with Gasteiger partial charge >= 0.3 is 5.97 Å². The quantitative estimate of drug-likeness (QED) is 0.608. The van der Waals surface area contributed by atoms with Crippen molar-refractivity contribution in [2.75, 3.05) is 13.1 Å². The Balaban J connectivity index is 1.46. The maximum Gasteiger partial charge on any atom is 0.335 e. The third kappa shape index (κ3) is 5.31. The summed E-state index contributed by atoms with van der Waals surface area (Å²) in [6, 6.07) is 15.3. The highest BCUT2D eigenvalue weighted by Gasteiger charge is 2.28. The Morgan fingerprint density at radius 1 is 1.06 bits per heavy atom. The van der Waals surface area contributed by atoms with Crippen LogP contribution in [-0.2, 0) is 11.3 Å². The molecular formula is C24H22F2N2O3. The standard InChI is InChI=1S/C24H22F2N2O3/c25-19-5-1-16(2-6-19)23(17-3-7-20(26)8-4-17)31-22-10-12-28(15-22)14-21-13-18(24(29)30)9-11-27-21/h1-9,11,13,22-23H,10,12,14-15H2,(H,29,30)/t22-/m1/s1. The number of carbonyl (C=O) groups is 1. The monoisotopic (exact) mass is 424 g/mol. The molecule has 1 N–H and O–H groups in total. The molecule has 2 aromatic carbocycles. The first-order valence-electron chi connectivity index (χ1n) is 10.0. The molecule has 0 saturated carbocycles. The minimum absolute atomic E-state index is 0.0808. The minimum atomic E-state index is -0.979. The molecule has 2 heterocycles. The van der Waals surface area contributed by atoms with Crippen molar-refractivity contribution in [3.8, 4) is 0 Å². The molecule has 3 aromatic rings. The molecule has 4 rings (SSSR count). The van der Waals surface area contributed by atoms with Crippen molar-refractivity contribution >= 4 is 5.97 Å². The summed E-state index contributed by atoms with van der Waals surface area (Å²) in [5, 5.41) is 9.15. The van der Waals surface area contributed by atoms with Gasteiger partial charge in [0, 0.05) is 25.8 Å². The van der Waals surface area contributed by atoms with Gasteiger partial charge in [-0.15, -0.1) is 0 Å². The Morgan fingerprint density at radius 2 is 1.68 bits per heavy atom. The number of hydrogen-bond donors (Lipinski definition) is 1. The van der Waals surface area contributed by atoms with Crippen molar-refractivity contribution in [3.05, 3.63) is 101 Å². The maximum atomic E-state index is 13.4. The van der Waals surface area contributed by atoms with Gasteiger partial charge in [0.2, 0.25) is 0 Å². The number of ether oxygens (including phenoxy) is 1. The van der Waals surface area contributed by atoms with E-state index >= 15 is 0 Å². The molecule has 1 atom stereocenters. The predicted octanol–water partition coefficient (Wildman–Crippen LogP) is 4.44. The summed E-state index contributed by atoms with van der Waals surface area (Å²) in [6.45, 7) is 1.96. The number of aromatic nitrogens is 1. The fraction of sp³-hybridized carbons (Fsp3) is 0.250. The van der Waals surface area contributed by atoms with Gasteiger partial charge in [-0.1, -0.05) is 24.3 Å². The molecule has 0 aliphatic carbocycles. The molecule has 5 nitrogen and oxygen atoms in total. The number of hydrogen-bond acceptors (Lipinski definition) is 4. The van der Waals surface area contributed by atoms with Crippen LogP contribution in [0.4, 0.5) is 8.78 Å². The average molecular weight is 424 g/mol. The van der Waals surface area contributed by atoms with Crippen LogP contribution in [0.5, 0.6) is 0 Å². The highest BCUT2D eigenvalue weighted by atomic mass is 19.1. The number of carboxylic acids is 1. The van der Waals surface area contributed by atoms with E-state index in [0.717, 1.165) is 24.1 Å². The normalized spacial score (nSPS) is 16.7. The van der Waals surface area contributed by atoms with Crippen molar-refractivity contribution < 1.29 is 23.4 Å². The zero-order valence-corrected chi connectivity index (χ0v) is 16.7. The Labute approximate surface area is 178 Å². The van der Waals surface area contributed by atoms with Gasteiger partial charge in [-0.2, -0.15) is 0 Å². The first kappa shape index (κ1) is 21.1. The number of nitrogens with zero attached hydrogens (tertiary/aromatic N) is 2. The molecular weight excluding hydrogens is 402 g/mol. The molecule has 1 aliphatic rings. The second kappa shape index (κ2) is 9.32. The summed E-state index contributed by atoms with van der Waals surface area (Å²) >= 11 is 0. The molecule has 1 aliphatic heterocycles. The third-order valence-electron chi connectivity index (χ3n) is 5.35. The van der Waals surface area contributed by atoms with Gasteiger partial charge in [0.15, 0.2) is 0 Å². The SMILES string of the molecule is O=C(O)c1ccnc(CN2CC[C@@H](OC(c3ccc(F)cc3)c3ccc(F)cc3)C2)c1. The Morgan fingerprint density at radius 3 is 2.26 bits per heavy atom. The van der Waals surface area contributed by atoms with Gasteiger partial charge in [-0.25, -0.2) is 13.6 Å². The van der Waals surface area contributed by atoms with E-state index in [1.807, 2.05) is 0 Å². The number of aromatic carboxylic acids is 1. The van der Waals surface area contributed by atoms with Gasteiger partial charge in [-0.3, -0.25) is 9.88 Å². The smallest absolute Gasteiger partial charge is 0.335 e. The van der Waals surface area contributed by atoms with Crippen LogP contribution in [0.15, 0.2) is 66.9 Å². The number of carboxylic acid groups (broad SMARTS) is 1. The van der Waals surface area contributed by atoms with Crippen LogP contribution in [0, 0.1) is 11.6 Å². The lowest BCUT2D eigenvalue weighted by Gasteiger charge is -2.24. The van der Waals surface area contributed by atoms with Gasteiger partial charge in [0.25, 0.3) is 0 Å². The predicted molar refractivity (Wildman–Crippen MR) is 111 cm³/mol. The number of rotatable bonds is 7. The number of halogens is 2. The second-order valence-corrected chi connectivity index (χ2v) is 7.61. The lowest BCUT2D eigenvalue weighted by Crippen LogP contribution is -2.25. The molecule has 0 unspecified atom stereocenters. The molecule has 0 bridgehead atoms. The number of likely N-dealkylation sites (tertiary alicyclic amines) is 1. The molecule has 1 aromatic heterocycles. The molecule has 0 amide bonds. The summed E-state index contributed by atoms with van der Waals surface area (Å²) in [7, 11) is 0. The molecule has 1 fully saturated rings. The van der Waals surface area contributed by atoms with Crippen molar-refractivity contribution in [1.82, 2.24) is 9.88 Å². The first-order valence-corrected chi connectivity index (χ1v) is 10.0. The van der Waals surface area contributed by atoms with Crippen LogP contribution in [-0.4, -0.2) is 40.2 Å². The van der Waals surface area contributed by atoms with Gasteiger partial charge in [0.05, 0.1) is 17.4 Å². The average Bonchev–Trinajstić information content (AvgIpc) is 3.20. The summed E-state index contributed by atoms with van der Waals surface area (Å²) in [5.41, 5.74) is 2.49. The van der Waals surface area contributed by atoms with Crippen LogP contribution >= 0.6 is 0 Å². The number of benzene rings is 2. The highest BCUT2D eigenvalue weighted by Crippen LogP contribution is 2.30. The topological polar surface area (TPSA) is 62.7 Å². The minimum Gasteiger partial charge on any atom is -0.478 e. The van der Waals surface area contributed by atoms with Gasteiger partial charge in [-0.05, 0) is 53.9 Å². The van der Waals surface area contributed by atoms with E-state index in [1.54, 1.807) is 30.3 Å². The van der Waals surface area contributed by atoms with Crippen LogP contribution < -0.4 is 0 Å². The fourth-order valence-corrected chi connectivity index (χ4v) is 3.80.